The van der Waals surface area contributed by atoms with Crippen LogP contribution in [-0.2, 0) is 16.5 Å². The summed E-state index contributed by atoms with van der Waals surface area (Å²) in [6.45, 7) is 6.72. The molecule has 6 nitrogen and oxygen atoms in total. The molecule has 3 saturated heterocycles. The van der Waals surface area contributed by atoms with Crippen LogP contribution in [0.2, 0.25) is 0 Å². The number of ether oxygens (including phenoxy) is 2. The van der Waals surface area contributed by atoms with Gasteiger partial charge in [-0.05, 0) is 49.7 Å². The molecule has 1 unspecified atom stereocenters. The molecule has 0 aromatic carbocycles. The van der Waals surface area contributed by atoms with Crippen molar-refractivity contribution in [3.05, 3.63) is 24.0 Å². The Bertz CT molecular complexity index is 618. The van der Waals surface area contributed by atoms with Gasteiger partial charge in [0.2, 0.25) is 0 Å². The maximum absolute atomic E-state index is 12.2. The number of carbonyl (C=O) groups is 1. The average Bonchev–Trinajstić information content (AvgIpc) is 3.22. The van der Waals surface area contributed by atoms with Crippen LogP contribution in [0.25, 0.3) is 0 Å². The van der Waals surface area contributed by atoms with Crippen LogP contribution in [0, 0.1) is 11.8 Å². The Kier molecular flexibility index (Phi) is 5.34. The van der Waals surface area contributed by atoms with Crippen molar-refractivity contribution in [3.8, 4) is 0 Å². The number of rotatable bonds is 6. The highest BCUT2D eigenvalue weighted by atomic mass is 16.5. The van der Waals surface area contributed by atoms with E-state index >= 15 is 0 Å². The van der Waals surface area contributed by atoms with Gasteiger partial charge in [-0.2, -0.15) is 0 Å². The van der Waals surface area contributed by atoms with E-state index in [1.807, 2.05) is 29.9 Å². The van der Waals surface area contributed by atoms with E-state index in [2.05, 4.69) is 10.2 Å². The first-order valence-corrected chi connectivity index (χ1v) is 10.00. The predicted octanol–water partition coefficient (Wildman–Crippen LogP) is 1.66. The molecule has 1 aromatic rings. The van der Waals surface area contributed by atoms with Crippen molar-refractivity contribution in [2.75, 3.05) is 46.0 Å². The molecule has 3 aliphatic rings. The maximum Gasteiger partial charge on any atom is 0.267 e. The molecule has 1 spiro atoms. The SMILES string of the molecule is Cn1cccc1C(=O)NCCC1CCOC12CN(CC1CCOCC1)C2. The first-order chi connectivity index (χ1) is 12.7. The summed E-state index contributed by atoms with van der Waals surface area (Å²) in [6.07, 6.45) is 6.40. The summed E-state index contributed by atoms with van der Waals surface area (Å²) >= 11 is 0. The highest BCUT2D eigenvalue weighted by molar-refractivity contribution is 5.92. The quantitative estimate of drug-likeness (QED) is 0.837. The highest BCUT2D eigenvalue weighted by Gasteiger charge is 2.52. The average molecular weight is 361 g/mol. The van der Waals surface area contributed by atoms with Crippen LogP contribution < -0.4 is 5.32 Å². The lowest BCUT2D eigenvalue weighted by Gasteiger charge is -2.51. The van der Waals surface area contributed by atoms with E-state index in [0.29, 0.717) is 11.6 Å². The van der Waals surface area contributed by atoms with E-state index < -0.39 is 0 Å². The smallest absolute Gasteiger partial charge is 0.267 e. The molecule has 0 bridgehead atoms. The zero-order valence-electron chi connectivity index (χ0n) is 15.8. The van der Waals surface area contributed by atoms with Crippen molar-refractivity contribution >= 4 is 5.91 Å². The highest BCUT2D eigenvalue weighted by Crippen LogP contribution is 2.42. The van der Waals surface area contributed by atoms with Gasteiger partial charge >= 0.3 is 0 Å². The summed E-state index contributed by atoms with van der Waals surface area (Å²) in [5, 5.41) is 3.07. The Morgan fingerprint density at radius 2 is 2.08 bits per heavy atom. The minimum Gasteiger partial charge on any atom is -0.381 e. The Hall–Kier alpha value is -1.37. The molecule has 3 aliphatic heterocycles. The Labute approximate surface area is 155 Å². The maximum atomic E-state index is 12.2. The number of hydrogen-bond donors (Lipinski definition) is 1. The number of aromatic nitrogens is 1. The van der Waals surface area contributed by atoms with Crippen molar-refractivity contribution in [2.45, 2.75) is 31.3 Å². The van der Waals surface area contributed by atoms with Crippen molar-refractivity contribution in [1.82, 2.24) is 14.8 Å². The van der Waals surface area contributed by atoms with Gasteiger partial charge in [0, 0.05) is 59.2 Å². The van der Waals surface area contributed by atoms with Gasteiger partial charge in [0.25, 0.3) is 5.91 Å². The topological polar surface area (TPSA) is 55.7 Å². The molecule has 1 amide bonds. The largest absolute Gasteiger partial charge is 0.381 e. The minimum atomic E-state index is 0.0141. The molecule has 0 aliphatic carbocycles. The van der Waals surface area contributed by atoms with Crippen LogP contribution in [0.5, 0.6) is 0 Å². The van der Waals surface area contributed by atoms with Crippen LogP contribution >= 0.6 is 0 Å². The summed E-state index contributed by atoms with van der Waals surface area (Å²) in [7, 11) is 1.90. The summed E-state index contributed by atoms with van der Waals surface area (Å²) in [5.74, 6) is 1.35. The molecule has 26 heavy (non-hydrogen) atoms. The van der Waals surface area contributed by atoms with Gasteiger partial charge in [-0.15, -0.1) is 0 Å². The lowest BCUT2D eigenvalue weighted by atomic mass is 9.78. The summed E-state index contributed by atoms with van der Waals surface area (Å²) in [4.78, 5) is 14.8. The minimum absolute atomic E-state index is 0.0141. The van der Waals surface area contributed by atoms with Crippen molar-refractivity contribution in [2.24, 2.45) is 18.9 Å². The van der Waals surface area contributed by atoms with Crippen LogP contribution in [0.1, 0.15) is 36.2 Å². The fraction of sp³-hybridized carbons (Fsp3) is 0.750. The van der Waals surface area contributed by atoms with E-state index in [0.717, 1.165) is 58.2 Å². The number of carbonyl (C=O) groups excluding carboxylic acids is 1. The van der Waals surface area contributed by atoms with Gasteiger partial charge in [0.1, 0.15) is 5.69 Å². The second kappa shape index (κ2) is 7.71. The molecule has 4 heterocycles. The Morgan fingerprint density at radius 3 is 2.81 bits per heavy atom. The number of nitrogens with zero attached hydrogens (tertiary/aromatic N) is 2. The van der Waals surface area contributed by atoms with Crippen LogP contribution in [-0.4, -0.2) is 67.0 Å². The monoisotopic (exact) mass is 361 g/mol. The van der Waals surface area contributed by atoms with E-state index in [1.165, 1.54) is 19.4 Å². The van der Waals surface area contributed by atoms with Gasteiger partial charge in [0.05, 0.1) is 5.60 Å². The summed E-state index contributed by atoms with van der Waals surface area (Å²) in [6, 6.07) is 3.76. The van der Waals surface area contributed by atoms with E-state index in [-0.39, 0.29) is 11.5 Å². The number of aryl methyl sites for hydroxylation is 1. The van der Waals surface area contributed by atoms with Gasteiger partial charge in [-0.1, -0.05) is 0 Å². The summed E-state index contributed by atoms with van der Waals surface area (Å²) in [5.41, 5.74) is 0.759. The number of likely N-dealkylation sites (tertiary alicyclic amines) is 1. The molecule has 3 fully saturated rings. The lowest BCUT2D eigenvalue weighted by Crippen LogP contribution is -2.65. The fourth-order valence-corrected chi connectivity index (χ4v) is 4.82. The van der Waals surface area contributed by atoms with Crippen LogP contribution in [0.15, 0.2) is 18.3 Å². The van der Waals surface area contributed by atoms with Crippen LogP contribution in [0.4, 0.5) is 0 Å². The predicted molar refractivity (Wildman–Crippen MR) is 99.1 cm³/mol. The molecule has 4 rings (SSSR count). The first-order valence-electron chi connectivity index (χ1n) is 10.00. The number of hydrogen-bond acceptors (Lipinski definition) is 4. The van der Waals surface area contributed by atoms with Crippen LogP contribution in [0.3, 0.4) is 0 Å². The molecule has 0 radical (unpaired) electrons. The normalized spacial score (nSPS) is 26.1. The molecular weight excluding hydrogens is 330 g/mol. The molecule has 1 N–H and O–H groups in total. The second-order valence-corrected chi connectivity index (χ2v) is 8.17. The molecule has 144 valence electrons. The van der Waals surface area contributed by atoms with Gasteiger partial charge < -0.3 is 19.4 Å². The third-order valence-corrected chi connectivity index (χ3v) is 6.39. The van der Waals surface area contributed by atoms with E-state index in [1.54, 1.807) is 0 Å². The Balaban J connectivity index is 1.22. The summed E-state index contributed by atoms with van der Waals surface area (Å²) < 4.78 is 13.5. The lowest BCUT2D eigenvalue weighted by molar-refractivity contribution is -0.139. The van der Waals surface area contributed by atoms with E-state index in [4.69, 9.17) is 9.47 Å². The van der Waals surface area contributed by atoms with Crippen molar-refractivity contribution in [3.63, 3.8) is 0 Å². The van der Waals surface area contributed by atoms with E-state index in [9.17, 15) is 4.79 Å². The zero-order chi connectivity index (χ0) is 18.0. The van der Waals surface area contributed by atoms with Gasteiger partial charge in [-0.25, -0.2) is 0 Å². The molecule has 1 atom stereocenters. The zero-order valence-corrected chi connectivity index (χ0v) is 15.8. The Morgan fingerprint density at radius 1 is 1.27 bits per heavy atom. The standard InChI is InChI=1S/C20H31N3O3/c1-22-9-2-3-18(22)19(24)21-8-4-17-7-12-26-20(17)14-23(15-20)13-16-5-10-25-11-6-16/h2-3,9,16-17H,4-8,10-15H2,1H3,(H,21,24). The van der Waals surface area contributed by atoms with Gasteiger partial charge in [-0.3, -0.25) is 9.69 Å². The third kappa shape index (κ3) is 3.68. The molecule has 6 heteroatoms. The molecular formula is C20H31N3O3. The number of amides is 1. The third-order valence-electron chi connectivity index (χ3n) is 6.39. The number of nitrogens with one attached hydrogen (secondary N) is 1. The molecule has 0 saturated carbocycles. The van der Waals surface area contributed by atoms with Crippen molar-refractivity contribution in [1.29, 1.82) is 0 Å². The first kappa shape index (κ1) is 18.0. The molecule has 1 aromatic heterocycles. The van der Waals surface area contributed by atoms with Gasteiger partial charge in [0.15, 0.2) is 0 Å². The van der Waals surface area contributed by atoms with Crippen molar-refractivity contribution < 1.29 is 14.3 Å². The fourth-order valence-electron chi connectivity index (χ4n) is 4.82. The second-order valence-electron chi connectivity index (χ2n) is 8.17.